The molecule has 9 heteroatoms. The number of nitrogens with two attached hydrogens (primary N) is 1. The van der Waals surface area contributed by atoms with Gasteiger partial charge in [-0.05, 0) is 33.4 Å². The monoisotopic (exact) mass is 431 g/mol. The first-order chi connectivity index (χ1) is 14.8. The number of likely N-dealkylation sites (N-methyl/N-ethyl adjacent to an activating group) is 2. The molecule has 1 amide bonds. The summed E-state index contributed by atoms with van der Waals surface area (Å²) < 4.78 is 6.75. The highest BCUT2D eigenvalue weighted by Crippen LogP contribution is 2.28. The molecule has 1 unspecified atom stereocenters. The van der Waals surface area contributed by atoms with Crippen molar-refractivity contribution in [2.24, 2.45) is 0 Å². The molecule has 9 nitrogen and oxygen atoms in total. The van der Waals surface area contributed by atoms with Crippen LogP contribution in [0.15, 0.2) is 33.9 Å². The average Bonchev–Trinajstić information content (AvgIpc) is 2.75. The maximum absolute atomic E-state index is 13.1. The molecule has 0 aliphatic heterocycles. The molecule has 2 rings (SSSR count). The van der Waals surface area contributed by atoms with Crippen molar-refractivity contribution in [3.63, 3.8) is 0 Å². The average molecular weight is 432 g/mol. The topological polar surface area (TPSA) is 114 Å². The van der Waals surface area contributed by atoms with Crippen LogP contribution in [-0.4, -0.2) is 47.6 Å². The van der Waals surface area contributed by atoms with Gasteiger partial charge >= 0.3 is 5.69 Å². The molecule has 0 saturated carbocycles. The summed E-state index contributed by atoms with van der Waals surface area (Å²) in [5.74, 6) is 0.466. The molecule has 1 aromatic heterocycles. The predicted octanol–water partition coefficient (Wildman–Crippen LogP) is 1.97. The number of benzene rings is 1. The van der Waals surface area contributed by atoms with Gasteiger partial charge in [0.1, 0.15) is 11.6 Å². The van der Waals surface area contributed by atoms with Crippen LogP contribution >= 0.6 is 0 Å². The summed E-state index contributed by atoms with van der Waals surface area (Å²) in [6.07, 6.45) is 1.59. The Bertz CT molecular complexity index is 1010. The third-order valence-electron chi connectivity index (χ3n) is 5.47. The molecule has 1 aromatic carbocycles. The van der Waals surface area contributed by atoms with Gasteiger partial charge in [0, 0.05) is 24.7 Å². The second kappa shape index (κ2) is 10.8. The molecule has 0 spiro atoms. The highest BCUT2D eigenvalue weighted by molar-refractivity contribution is 5.96. The second-order valence-corrected chi connectivity index (χ2v) is 7.47. The Kier molecular flexibility index (Phi) is 8.44. The number of carbonyl (C=O) groups is 1. The van der Waals surface area contributed by atoms with Crippen LogP contribution in [0.1, 0.15) is 45.2 Å². The number of hydrogen-bond acceptors (Lipinski definition) is 6. The molecule has 0 radical (unpaired) electrons. The minimum Gasteiger partial charge on any atom is -0.496 e. The van der Waals surface area contributed by atoms with Crippen LogP contribution in [0.25, 0.3) is 0 Å². The maximum atomic E-state index is 13.1. The number of anilines is 2. The lowest BCUT2D eigenvalue weighted by atomic mass is 10.1. The van der Waals surface area contributed by atoms with Gasteiger partial charge < -0.3 is 15.4 Å². The number of nitrogens with one attached hydrogen (secondary N) is 1. The second-order valence-electron chi connectivity index (χ2n) is 7.47. The summed E-state index contributed by atoms with van der Waals surface area (Å²) in [5, 5.41) is 0. The zero-order chi connectivity index (χ0) is 23.1. The Labute approximate surface area is 182 Å². The molecule has 2 aromatic rings. The van der Waals surface area contributed by atoms with Crippen molar-refractivity contribution < 1.29 is 9.53 Å². The van der Waals surface area contributed by atoms with E-state index in [2.05, 4.69) is 4.98 Å². The van der Waals surface area contributed by atoms with E-state index in [1.54, 1.807) is 14.0 Å². The minimum atomic E-state index is -0.661. The number of rotatable bonds is 10. The summed E-state index contributed by atoms with van der Waals surface area (Å²) >= 11 is 0. The molecule has 0 aliphatic carbocycles. The number of unbranched alkanes of at least 4 members (excludes halogenated alkanes) is 1. The van der Waals surface area contributed by atoms with Crippen LogP contribution in [0.3, 0.4) is 0 Å². The van der Waals surface area contributed by atoms with Gasteiger partial charge in [0.05, 0.1) is 13.7 Å². The van der Waals surface area contributed by atoms with Gasteiger partial charge in [-0.25, -0.2) is 4.79 Å². The van der Waals surface area contributed by atoms with Crippen LogP contribution in [0.2, 0.25) is 0 Å². The lowest BCUT2D eigenvalue weighted by molar-refractivity contribution is -0.119. The zero-order valence-electron chi connectivity index (χ0n) is 19.0. The fourth-order valence-electron chi connectivity index (χ4n) is 3.52. The number of aromatic amines is 1. The fraction of sp³-hybridized carbons (Fsp3) is 0.500. The van der Waals surface area contributed by atoms with Crippen LogP contribution < -0.4 is 26.6 Å². The lowest BCUT2D eigenvalue weighted by Crippen LogP contribution is -2.44. The van der Waals surface area contributed by atoms with E-state index in [1.165, 1.54) is 9.47 Å². The highest BCUT2D eigenvalue weighted by atomic mass is 16.5. The van der Waals surface area contributed by atoms with Crippen molar-refractivity contribution in [3.8, 4) is 5.75 Å². The number of para-hydroxylation sites is 1. The molecule has 1 heterocycles. The summed E-state index contributed by atoms with van der Waals surface area (Å²) in [6.45, 7) is 6.42. The van der Waals surface area contributed by atoms with Crippen LogP contribution in [0.5, 0.6) is 5.75 Å². The quantitative estimate of drug-likeness (QED) is 0.595. The van der Waals surface area contributed by atoms with Crippen molar-refractivity contribution in [1.29, 1.82) is 0 Å². The number of nitrogen functional groups attached to an aromatic ring is 1. The SMILES string of the molecule is CCCCn1c(N)c(N(CC)C(=O)CN(C)C(C)c2ccccc2OC)c(=O)[nH]c1=O. The molecule has 0 aliphatic rings. The minimum absolute atomic E-state index is 0.0119. The smallest absolute Gasteiger partial charge is 0.330 e. The molecule has 31 heavy (non-hydrogen) atoms. The van der Waals surface area contributed by atoms with E-state index in [4.69, 9.17) is 10.5 Å². The van der Waals surface area contributed by atoms with E-state index < -0.39 is 11.2 Å². The number of nitrogens with zero attached hydrogens (tertiary/aromatic N) is 3. The Morgan fingerprint density at radius 2 is 1.94 bits per heavy atom. The standard InChI is InChI=1S/C22H33N5O4/c1-6-8-13-27-20(23)19(21(29)24-22(27)30)26(7-2)18(28)14-25(4)15(3)16-11-9-10-12-17(16)31-5/h9-12,15H,6-8,13-14,23H2,1-5H3,(H,24,29,30). The number of H-pyrrole nitrogens is 1. The van der Waals surface area contributed by atoms with Gasteiger partial charge in [0.25, 0.3) is 5.56 Å². The summed E-state index contributed by atoms with van der Waals surface area (Å²) in [7, 11) is 3.44. The number of methoxy groups -OCH3 is 1. The van der Waals surface area contributed by atoms with E-state index in [-0.39, 0.29) is 36.5 Å². The van der Waals surface area contributed by atoms with E-state index in [9.17, 15) is 14.4 Å². The van der Waals surface area contributed by atoms with Gasteiger partial charge in [-0.3, -0.25) is 24.0 Å². The number of carbonyl (C=O) groups excluding carboxylic acids is 1. The van der Waals surface area contributed by atoms with Gasteiger partial charge in [0.2, 0.25) is 5.91 Å². The predicted molar refractivity (Wildman–Crippen MR) is 123 cm³/mol. The molecular weight excluding hydrogens is 398 g/mol. The Hall–Kier alpha value is -3.07. The van der Waals surface area contributed by atoms with E-state index in [0.29, 0.717) is 6.54 Å². The zero-order valence-corrected chi connectivity index (χ0v) is 19.0. The van der Waals surface area contributed by atoms with Gasteiger partial charge in [-0.1, -0.05) is 31.5 Å². The first-order valence-corrected chi connectivity index (χ1v) is 10.5. The summed E-state index contributed by atoms with van der Waals surface area (Å²) in [4.78, 5) is 43.4. The van der Waals surface area contributed by atoms with Crippen LogP contribution in [0.4, 0.5) is 11.5 Å². The first-order valence-electron chi connectivity index (χ1n) is 10.5. The van der Waals surface area contributed by atoms with Gasteiger partial charge in [-0.2, -0.15) is 0 Å². The van der Waals surface area contributed by atoms with Crippen molar-refractivity contribution in [1.82, 2.24) is 14.5 Å². The Morgan fingerprint density at radius 1 is 1.26 bits per heavy atom. The lowest BCUT2D eigenvalue weighted by Gasteiger charge is -2.29. The number of amides is 1. The van der Waals surface area contributed by atoms with E-state index >= 15 is 0 Å². The largest absolute Gasteiger partial charge is 0.496 e. The normalized spacial score (nSPS) is 12.1. The highest BCUT2D eigenvalue weighted by Gasteiger charge is 2.25. The third kappa shape index (κ3) is 5.35. The molecule has 3 N–H and O–H groups in total. The van der Waals surface area contributed by atoms with Crippen molar-refractivity contribution >= 4 is 17.4 Å². The Morgan fingerprint density at radius 3 is 2.55 bits per heavy atom. The van der Waals surface area contributed by atoms with E-state index in [1.807, 2.05) is 50.1 Å². The molecule has 0 bridgehead atoms. The first kappa shape index (κ1) is 24.2. The van der Waals surface area contributed by atoms with Crippen molar-refractivity contribution in [3.05, 3.63) is 50.7 Å². The van der Waals surface area contributed by atoms with Crippen molar-refractivity contribution in [2.45, 2.75) is 46.2 Å². The van der Waals surface area contributed by atoms with Crippen LogP contribution in [0, 0.1) is 0 Å². The fourth-order valence-corrected chi connectivity index (χ4v) is 3.52. The molecule has 0 fully saturated rings. The summed E-state index contributed by atoms with van der Waals surface area (Å²) in [5.41, 5.74) is 5.92. The maximum Gasteiger partial charge on any atom is 0.330 e. The Balaban J connectivity index is 2.31. The molecule has 170 valence electrons. The van der Waals surface area contributed by atoms with Crippen LogP contribution in [-0.2, 0) is 11.3 Å². The molecular formula is C22H33N5O4. The summed E-state index contributed by atoms with van der Waals surface area (Å²) in [6, 6.07) is 7.53. The third-order valence-corrected chi connectivity index (χ3v) is 5.47. The number of ether oxygens (including phenoxy) is 1. The number of aromatic nitrogens is 2. The van der Waals surface area contributed by atoms with Crippen molar-refractivity contribution in [2.75, 3.05) is 37.9 Å². The molecule has 0 saturated heterocycles. The van der Waals surface area contributed by atoms with Gasteiger partial charge in [0.15, 0.2) is 5.69 Å². The molecule has 1 atom stereocenters. The number of hydrogen-bond donors (Lipinski definition) is 2. The van der Waals surface area contributed by atoms with E-state index in [0.717, 1.165) is 24.2 Å². The van der Waals surface area contributed by atoms with Gasteiger partial charge in [-0.15, -0.1) is 0 Å².